The fourth-order valence-electron chi connectivity index (χ4n) is 1.74. The number of β-amino-alcohol motifs (C(OH)–C–C–N with tert-alkyl or cyclic N) is 1. The molecular formula is C8H15N3O6. The lowest BCUT2D eigenvalue weighted by Crippen LogP contribution is -2.72. The summed E-state index contributed by atoms with van der Waals surface area (Å²) in [4.78, 5) is 20.3. The average molecular weight is 249 g/mol. The van der Waals surface area contributed by atoms with Gasteiger partial charge in [-0.15, -0.1) is 0 Å². The van der Waals surface area contributed by atoms with E-state index in [4.69, 9.17) is 0 Å². The topological polar surface area (TPSA) is 145 Å². The molecule has 0 radical (unpaired) electrons. The van der Waals surface area contributed by atoms with Crippen molar-refractivity contribution in [2.75, 3.05) is 13.1 Å². The molecule has 0 spiro atoms. The highest BCUT2D eigenvalue weighted by Crippen LogP contribution is 2.20. The van der Waals surface area contributed by atoms with Crippen LogP contribution in [-0.2, 0) is 4.79 Å². The SMILES string of the molecule is CC(=O)N[C@@H]1NC[C@@](O)(C[N+](=O)[O-])[C@@H](O)[C@H]1O. The van der Waals surface area contributed by atoms with Crippen molar-refractivity contribution in [3.05, 3.63) is 10.1 Å². The van der Waals surface area contributed by atoms with Crippen LogP contribution in [0.15, 0.2) is 0 Å². The summed E-state index contributed by atoms with van der Waals surface area (Å²) >= 11 is 0. The summed E-state index contributed by atoms with van der Waals surface area (Å²) in [5.74, 6) is -0.437. The maximum absolute atomic E-state index is 10.8. The first-order chi connectivity index (χ1) is 7.76. The molecule has 1 rings (SSSR count). The molecule has 1 fully saturated rings. The predicted octanol–water partition coefficient (Wildman–Crippen LogP) is -3.22. The summed E-state index contributed by atoms with van der Waals surface area (Å²) in [6, 6.07) is 0. The van der Waals surface area contributed by atoms with Crippen molar-refractivity contribution < 1.29 is 25.0 Å². The third kappa shape index (κ3) is 3.09. The number of rotatable bonds is 3. The summed E-state index contributed by atoms with van der Waals surface area (Å²) in [5, 5.41) is 44.2. The van der Waals surface area contributed by atoms with Crippen LogP contribution in [0.1, 0.15) is 6.92 Å². The Labute approximate surface area is 96.6 Å². The highest BCUT2D eigenvalue weighted by Gasteiger charge is 2.50. The van der Waals surface area contributed by atoms with Crippen molar-refractivity contribution >= 4 is 5.91 Å². The molecule has 1 amide bonds. The highest BCUT2D eigenvalue weighted by atomic mass is 16.6. The van der Waals surface area contributed by atoms with Crippen LogP contribution in [0.2, 0.25) is 0 Å². The maximum Gasteiger partial charge on any atom is 0.236 e. The summed E-state index contributed by atoms with van der Waals surface area (Å²) in [7, 11) is 0. The van der Waals surface area contributed by atoms with Gasteiger partial charge in [0, 0.05) is 18.4 Å². The third-order valence-corrected chi connectivity index (χ3v) is 2.61. The molecule has 1 aliphatic heterocycles. The van der Waals surface area contributed by atoms with Gasteiger partial charge in [0.2, 0.25) is 12.5 Å². The Kier molecular flexibility index (Phi) is 3.98. The fraction of sp³-hybridized carbons (Fsp3) is 0.875. The van der Waals surface area contributed by atoms with Crippen molar-refractivity contribution in [1.29, 1.82) is 0 Å². The normalized spacial score (nSPS) is 37.5. The largest absolute Gasteiger partial charge is 0.387 e. The molecule has 9 nitrogen and oxygen atoms in total. The van der Waals surface area contributed by atoms with Crippen LogP contribution in [-0.4, -0.2) is 63.2 Å². The van der Waals surface area contributed by atoms with Crippen LogP contribution >= 0.6 is 0 Å². The van der Waals surface area contributed by atoms with Gasteiger partial charge in [0.1, 0.15) is 18.4 Å². The zero-order chi connectivity index (χ0) is 13.2. The quantitative estimate of drug-likeness (QED) is 0.261. The summed E-state index contributed by atoms with van der Waals surface area (Å²) in [6.07, 6.45) is -4.20. The van der Waals surface area contributed by atoms with Gasteiger partial charge < -0.3 is 20.6 Å². The van der Waals surface area contributed by atoms with E-state index < -0.39 is 41.4 Å². The van der Waals surface area contributed by atoms with E-state index in [0.717, 1.165) is 0 Å². The summed E-state index contributed by atoms with van der Waals surface area (Å²) in [5.41, 5.74) is -2.06. The van der Waals surface area contributed by atoms with Crippen LogP contribution in [0.4, 0.5) is 0 Å². The number of piperidine rings is 1. The zero-order valence-corrected chi connectivity index (χ0v) is 9.16. The number of aliphatic hydroxyl groups is 3. The van der Waals surface area contributed by atoms with Gasteiger partial charge in [0.15, 0.2) is 5.60 Å². The second-order valence-corrected chi connectivity index (χ2v) is 4.09. The van der Waals surface area contributed by atoms with Crippen molar-refractivity contribution in [1.82, 2.24) is 10.6 Å². The monoisotopic (exact) mass is 249 g/mol. The Hall–Kier alpha value is -1.29. The van der Waals surface area contributed by atoms with Gasteiger partial charge in [-0.3, -0.25) is 20.2 Å². The first-order valence-electron chi connectivity index (χ1n) is 4.97. The van der Waals surface area contributed by atoms with E-state index in [1.807, 2.05) is 0 Å². The van der Waals surface area contributed by atoms with E-state index in [9.17, 15) is 30.2 Å². The van der Waals surface area contributed by atoms with Crippen LogP contribution in [0.25, 0.3) is 0 Å². The smallest absolute Gasteiger partial charge is 0.236 e. The van der Waals surface area contributed by atoms with Crippen LogP contribution in [0.5, 0.6) is 0 Å². The molecule has 0 bridgehead atoms. The van der Waals surface area contributed by atoms with E-state index in [1.54, 1.807) is 0 Å². The van der Waals surface area contributed by atoms with E-state index in [-0.39, 0.29) is 6.54 Å². The minimum Gasteiger partial charge on any atom is -0.387 e. The minimum absolute atomic E-state index is 0.308. The first kappa shape index (κ1) is 13.8. The van der Waals surface area contributed by atoms with Crippen molar-refractivity contribution in [3.8, 4) is 0 Å². The van der Waals surface area contributed by atoms with E-state index in [0.29, 0.717) is 0 Å². The number of carbonyl (C=O) groups is 1. The van der Waals surface area contributed by atoms with Crippen molar-refractivity contribution in [2.24, 2.45) is 0 Å². The molecule has 4 atom stereocenters. The molecule has 9 heteroatoms. The molecule has 1 heterocycles. The Balaban J connectivity index is 2.73. The molecule has 0 unspecified atom stereocenters. The van der Waals surface area contributed by atoms with Gasteiger partial charge in [0.05, 0.1) is 0 Å². The van der Waals surface area contributed by atoms with E-state index in [2.05, 4.69) is 10.6 Å². The van der Waals surface area contributed by atoms with Gasteiger partial charge in [-0.2, -0.15) is 0 Å². The van der Waals surface area contributed by atoms with Crippen LogP contribution in [0.3, 0.4) is 0 Å². The predicted molar refractivity (Wildman–Crippen MR) is 54.4 cm³/mol. The second kappa shape index (κ2) is 4.92. The number of carbonyl (C=O) groups excluding carboxylic acids is 1. The Morgan fingerprint density at radius 2 is 2.24 bits per heavy atom. The third-order valence-electron chi connectivity index (χ3n) is 2.61. The van der Waals surface area contributed by atoms with Crippen LogP contribution < -0.4 is 10.6 Å². The molecule has 0 aromatic heterocycles. The zero-order valence-electron chi connectivity index (χ0n) is 9.16. The van der Waals surface area contributed by atoms with Gasteiger partial charge in [-0.05, 0) is 0 Å². The molecule has 1 saturated heterocycles. The van der Waals surface area contributed by atoms with E-state index in [1.165, 1.54) is 6.92 Å². The standard InChI is InChI=1S/C8H15N3O6/c1-4(12)10-7-5(13)6(14)8(15,2-9-7)3-11(16)17/h5-7,9,13-15H,2-3H2,1H3,(H,10,12)/t5-,6+,7+,8-/m1/s1. The van der Waals surface area contributed by atoms with E-state index >= 15 is 0 Å². The summed E-state index contributed by atoms with van der Waals surface area (Å²) in [6.45, 7) is 0.0147. The number of nitrogens with zero attached hydrogens (tertiary/aromatic N) is 1. The number of aliphatic hydroxyl groups excluding tert-OH is 2. The minimum atomic E-state index is -2.06. The number of nitrogens with one attached hydrogen (secondary N) is 2. The summed E-state index contributed by atoms with van der Waals surface area (Å²) < 4.78 is 0. The van der Waals surface area contributed by atoms with Gasteiger partial charge in [-0.1, -0.05) is 0 Å². The number of amides is 1. The highest BCUT2D eigenvalue weighted by molar-refractivity contribution is 5.73. The fourth-order valence-corrected chi connectivity index (χ4v) is 1.74. The lowest BCUT2D eigenvalue weighted by atomic mass is 9.87. The van der Waals surface area contributed by atoms with Crippen LogP contribution in [0, 0.1) is 10.1 Å². The molecule has 0 aromatic rings. The van der Waals surface area contributed by atoms with Crippen molar-refractivity contribution in [3.63, 3.8) is 0 Å². The average Bonchev–Trinajstić information content (AvgIpc) is 2.18. The second-order valence-electron chi connectivity index (χ2n) is 4.09. The lowest BCUT2D eigenvalue weighted by Gasteiger charge is -2.41. The Bertz CT molecular complexity index is 324. The maximum atomic E-state index is 10.8. The number of nitro groups is 1. The van der Waals surface area contributed by atoms with Gasteiger partial charge in [-0.25, -0.2) is 0 Å². The first-order valence-corrected chi connectivity index (χ1v) is 4.97. The Morgan fingerprint density at radius 1 is 1.65 bits per heavy atom. The molecular weight excluding hydrogens is 234 g/mol. The number of hydrogen-bond acceptors (Lipinski definition) is 7. The molecule has 0 aliphatic carbocycles. The molecule has 0 aromatic carbocycles. The van der Waals surface area contributed by atoms with Gasteiger partial charge >= 0.3 is 0 Å². The molecule has 17 heavy (non-hydrogen) atoms. The molecule has 1 aliphatic rings. The van der Waals surface area contributed by atoms with Crippen molar-refractivity contribution in [2.45, 2.75) is 30.9 Å². The molecule has 5 N–H and O–H groups in total. The van der Waals surface area contributed by atoms with Gasteiger partial charge in [0.25, 0.3) is 0 Å². The number of hydrogen-bond donors (Lipinski definition) is 5. The Morgan fingerprint density at radius 3 is 2.71 bits per heavy atom. The molecule has 98 valence electrons. The molecule has 0 saturated carbocycles. The lowest BCUT2D eigenvalue weighted by molar-refractivity contribution is -0.506.